The molecule has 8 nitrogen and oxygen atoms in total. The molecule has 30 heavy (non-hydrogen) atoms. The maximum atomic E-state index is 12.0. The van der Waals surface area contributed by atoms with Crippen molar-refractivity contribution < 1.29 is 23.8 Å². The van der Waals surface area contributed by atoms with E-state index in [9.17, 15) is 9.59 Å². The van der Waals surface area contributed by atoms with Crippen molar-refractivity contribution in [1.82, 2.24) is 5.43 Å². The van der Waals surface area contributed by atoms with E-state index >= 15 is 0 Å². The number of hydrogen-bond donors (Lipinski definition) is 2. The largest absolute Gasteiger partial charge is 0.494 e. The van der Waals surface area contributed by atoms with Crippen molar-refractivity contribution >= 4 is 46.3 Å². The maximum Gasteiger partial charge on any atom is 0.249 e. The first-order valence-electron chi connectivity index (χ1n) is 9.31. The van der Waals surface area contributed by atoms with Gasteiger partial charge in [-0.1, -0.05) is 0 Å². The van der Waals surface area contributed by atoms with Gasteiger partial charge < -0.3 is 19.5 Å². The van der Waals surface area contributed by atoms with E-state index in [-0.39, 0.29) is 6.42 Å². The number of carbonyl (C=O) groups is 2. The van der Waals surface area contributed by atoms with E-state index in [0.717, 1.165) is 9.13 Å². The number of hydrazone groups is 1. The predicted octanol–water partition coefficient (Wildman–Crippen LogP) is 3.58. The summed E-state index contributed by atoms with van der Waals surface area (Å²) < 4.78 is 17.1. The Morgan fingerprint density at radius 3 is 2.40 bits per heavy atom. The van der Waals surface area contributed by atoms with Crippen LogP contribution in [0.3, 0.4) is 0 Å². The van der Waals surface area contributed by atoms with Gasteiger partial charge in [0.15, 0.2) is 11.5 Å². The number of halogens is 1. The molecule has 0 bridgehead atoms. The number of carbonyl (C=O) groups excluding carboxylic acids is 2. The number of ether oxygens (including phenoxy) is 3. The fourth-order valence-electron chi connectivity index (χ4n) is 2.47. The molecule has 0 heterocycles. The van der Waals surface area contributed by atoms with Gasteiger partial charge in [-0.05, 0) is 78.4 Å². The summed E-state index contributed by atoms with van der Waals surface area (Å²) in [6.45, 7) is 4.88. The summed E-state index contributed by atoms with van der Waals surface area (Å²) in [4.78, 5) is 24.0. The Hall–Kier alpha value is -2.82. The first kappa shape index (κ1) is 23.5. The average Bonchev–Trinajstić information content (AvgIpc) is 2.71. The normalized spacial score (nSPS) is 10.5. The Labute approximate surface area is 189 Å². The molecule has 2 N–H and O–H groups in total. The van der Waals surface area contributed by atoms with Crippen molar-refractivity contribution in [3.8, 4) is 17.2 Å². The molecule has 2 aromatic rings. The highest BCUT2D eigenvalue weighted by molar-refractivity contribution is 14.1. The first-order valence-corrected chi connectivity index (χ1v) is 10.4. The lowest BCUT2D eigenvalue weighted by molar-refractivity contribution is -0.126. The standard InChI is InChI=1S/C21H24IN3O5/c1-4-29-16-8-6-15(7-9-16)24-19(26)12-20(27)25-23-13-14-10-17(22)21(30-5-2)18(11-14)28-3/h6-11,13H,4-5,12H2,1-3H3,(H,24,26)(H,25,27). The third kappa shape index (κ3) is 7.21. The van der Waals surface area contributed by atoms with Crippen molar-refractivity contribution in [2.24, 2.45) is 5.10 Å². The Morgan fingerprint density at radius 1 is 1.07 bits per heavy atom. The SMILES string of the molecule is CCOc1ccc(NC(=O)CC(=O)NN=Cc2cc(I)c(OCC)c(OC)c2)cc1. The van der Waals surface area contributed by atoms with Crippen LogP contribution in [0.4, 0.5) is 5.69 Å². The molecular weight excluding hydrogens is 501 g/mol. The molecule has 0 spiro atoms. The van der Waals surface area contributed by atoms with E-state index in [2.05, 4.69) is 38.4 Å². The lowest BCUT2D eigenvalue weighted by atomic mass is 10.2. The molecule has 160 valence electrons. The van der Waals surface area contributed by atoms with Crippen LogP contribution in [0.25, 0.3) is 0 Å². The third-order valence-corrected chi connectivity index (χ3v) is 4.51. The molecule has 0 saturated heterocycles. The van der Waals surface area contributed by atoms with E-state index < -0.39 is 11.8 Å². The number of amides is 2. The zero-order valence-corrected chi connectivity index (χ0v) is 19.2. The van der Waals surface area contributed by atoms with Gasteiger partial charge in [-0.15, -0.1) is 0 Å². The Kier molecular flexibility index (Phi) is 9.39. The molecule has 0 atom stereocenters. The Morgan fingerprint density at radius 2 is 1.77 bits per heavy atom. The highest BCUT2D eigenvalue weighted by atomic mass is 127. The summed E-state index contributed by atoms with van der Waals surface area (Å²) in [6, 6.07) is 10.5. The van der Waals surface area contributed by atoms with Crippen molar-refractivity contribution in [3.63, 3.8) is 0 Å². The van der Waals surface area contributed by atoms with Gasteiger partial charge in [0.25, 0.3) is 0 Å². The second-order valence-corrected chi connectivity index (χ2v) is 7.10. The van der Waals surface area contributed by atoms with Crippen molar-refractivity contribution in [3.05, 3.63) is 45.5 Å². The molecule has 0 saturated carbocycles. The Balaban J connectivity index is 1.88. The molecule has 0 aromatic heterocycles. The predicted molar refractivity (Wildman–Crippen MR) is 123 cm³/mol. The number of rotatable bonds is 10. The van der Waals surface area contributed by atoms with Gasteiger partial charge in [-0.2, -0.15) is 5.10 Å². The number of anilines is 1. The number of methoxy groups -OCH3 is 1. The Bertz CT molecular complexity index is 900. The van der Waals surface area contributed by atoms with Crippen LogP contribution in [0.1, 0.15) is 25.8 Å². The number of nitrogens with zero attached hydrogens (tertiary/aromatic N) is 1. The quantitative estimate of drug-likeness (QED) is 0.214. The minimum Gasteiger partial charge on any atom is -0.494 e. The lowest BCUT2D eigenvalue weighted by Crippen LogP contribution is -2.24. The summed E-state index contributed by atoms with van der Waals surface area (Å²) in [5.74, 6) is 0.980. The van der Waals surface area contributed by atoms with Crippen molar-refractivity contribution in [2.45, 2.75) is 20.3 Å². The minimum atomic E-state index is -0.526. The van der Waals surface area contributed by atoms with Crippen LogP contribution in [0.2, 0.25) is 0 Å². The summed E-state index contributed by atoms with van der Waals surface area (Å²) in [7, 11) is 1.56. The van der Waals surface area contributed by atoms with Crippen molar-refractivity contribution in [1.29, 1.82) is 0 Å². The van der Waals surface area contributed by atoms with Gasteiger partial charge in [0.1, 0.15) is 12.2 Å². The summed E-state index contributed by atoms with van der Waals surface area (Å²) in [6.07, 6.45) is 1.12. The van der Waals surface area contributed by atoms with Gasteiger partial charge in [-0.3, -0.25) is 9.59 Å². The molecule has 0 unspecified atom stereocenters. The molecule has 9 heteroatoms. The van der Waals surface area contributed by atoms with Gasteiger partial charge >= 0.3 is 0 Å². The van der Waals surface area contributed by atoms with Gasteiger partial charge in [0.05, 0.1) is 30.1 Å². The van der Waals surface area contributed by atoms with Crippen LogP contribution in [-0.4, -0.2) is 38.4 Å². The fourth-order valence-corrected chi connectivity index (χ4v) is 3.25. The number of hydrogen-bond acceptors (Lipinski definition) is 6. The topological polar surface area (TPSA) is 98.2 Å². The zero-order valence-electron chi connectivity index (χ0n) is 17.0. The molecule has 0 aliphatic carbocycles. The summed E-state index contributed by atoms with van der Waals surface area (Å²) in [5.41, 5.74) is 3.65. The second-order valence-electron chi connectivity index (χ2n) is 5.94. The van der Waals surface area contributed by atoms with Gasteiger partial charge in [-0.25, -0.2) is 5.43 Å². The molecule has 0 radical (unpaired) electrons. The summed E-state index contributed by atoms with van der Waals surface area (Å²) in [5, 5.41) is 6.56. The monoisotopic (exact) mass is 525 g/mol. The number of benzene rings is 2. The van der Waals surface area contributed by atoms with Crippen LogP contribution in [-0.2, 0) is 9.59 Å². The van der Waals surface area contributed by atoms with Crippen LogP contribution in [0, 0.1) is 3.57 Å². The highest BCUT2D eigenvalue weighted by Gasteiger charge is 2.11. The molecule has 2 rings (SSSR count). The lowest BCUT2D eigenvalue weighted by Gasteiger charge is -2.12. The average molecular weight is 525 g/mol. The third-order valence-electron chi connectivity index (χ3n) is 3.71. The molecule has 0 aliphatic heterocycles. The second kappa shape index (κ2) is 12.0. The van der Waals surface area contributed by atoms with Crippen molar-refractivity contribution in [2.75, 3.05) is 25.6 Å². The fraction of sp³-hybridized carbons (Fsp3) is 0.286. The van der Waals surface area contributed by atoms with Gasteiger partial charge in [0, 0.05) is 5.69 Å². The van der Waals surface area contributed by atoms with Crippen LogP contribution in [0.5, 0.6) is 17.2 Å². The van der Waals surface area contributed by atoms with Crippen LogP contribution < -0.4 is 25.0 Å². The van der Waals surface area contributed by atoms with E-state index in [1.54, 1.807) is 37.4 Å². The van der Waals surface area contributed by atoms with Crippen LogP contribution in [0.15, 0.2) is 41.5 Å². The zero-order chi connectivity index (χ0) is 21.9. The molecule has 2 aromatic carbocycles. The van der Waals surface area contributed by atoms with E-state index in [1.165, 1.54) is 6.21 Å². The minimum absolute atomic E-state index is 0.352. The van der Waals surface area contributed by atoms with E-state index in [0.29, 0.717) is 36.1 Å². The van der Waals surface area contributed by atoms with Crippen LogP contribution >= 0.6 is 22.6 Å². The summed E-state index contributed by atoms with van der Waals surface area (Å²) >= 11 is 2.14. The molecule has 0 fully saturated rings. The molecule has 2 amide bonds. The van der Waals surface area contributed by atoms with E-state index in [1.807, 2.05) is 19.9 Å². The van der Waals surface area contributed by atoms with E-state index in [4.69, 9.17) is 14.2 Å². The smallest absolute Gasteiger partial charge is 0.249 e. The first-order chi connectivity index (χ1) is 14.5. The molecular formula is C21H24IN3O5. The highest BCUT2D eigenvalue weighted by Crippen LogP contribution is 2.33. The maximum absolute atomic E-state index is 12.0. The van der Waals surface area contributed by atoms with Gasteiger partial charge in [0.2, 0.25) is 11.8 Å². The molecule has 0 aliphatic rings. The number of nitrogens with one attached hydrogen (secondary N) is 2.